The topological polar surface area (TPSA) is 37.3 Å². The third-order valence-electron chi connectivity index (χ3n) is 5.88. The molecule has 2 heterocycles. The van der Waals surface area contributed by atoms with Crippen LogP contribution in [0.1, 0.15) is 28.4 Å². The van der Waals surface area contributed by atoms with Gasteiger partial charge in [0.05, 0.1) is 17.9 Å². The van der Waals surface area contributed by atoms with Crippen molar-refractivity contribution in [3.63, 3.8) is 0 Å². The van der Waals surface area contributed by atoms with Crippen molar-refractivity contribution in [2.45, 2.75) is 19.5 Å². The van der Waals surface area contributed by atoms with Gasteiger partial charge in [-0.3, -0.25) is 0 Å². The van der Waals surface area contributed by atoms with Gasteiger partial charge in [0, 0.05) is 18.0 Å². The fourth-order valence-electron chi connectivity index (χ4n) is 4.34. The van der Waals surface area contributed by atoms with Crippen LogP contribution in [0.2, 0.25) is 0 Å². The first-order valence-electron chi connectivity index (χ1n) is 10.4. The number of benzene rings is 3. The maximum Gasteiger partial charge on any atom is 0.323 e. The molecule has 1 aliphatic heterocycles. The lowest BCUT2D eigenvalue weighted by atomic mass is 9.97. The van der Waals surface area contributed by atoms with Crippen LogP contribution in [0.3, 0.4) is 0 Å². The number of nitrogens with one attached hydrogen (secondary N) is 1. The average molecular weight is 429 g/mol. The largest absolute Gasteiger partial charge is 0.323 e. The molecular formula is C26H21F2N3O. The molecule has 5 rings (SSSR count). The summed E-state index contributed by atoms with van der Waals surface area (Å²) < 4.78 is 30.1. The van der Waals surface area contributed by atoms with Crippen LogP contribution in [0.5, 0.6) is 0 Å². The van der Waals surface area contributed by atoms with Crippen LogP contribution < -0.4 is 5.32 Å². The van der Waals surface area contributed by atoms with Gasteiger partial charge in [0.15, 0.2) is 0 Å². The first-order chi connectivity index (χ1) is 15.5. The number of hydrogen-bond donors (Lipinski definition) is 1. The third kappa shape index (κ3) is 3.43. The number of anilines is 1. The monoisotopic (exact) mass is 429 g/mol. The van der Waals surface area contributed by atoms with Gasteiger partial charge in [-0.1, -0.05) is 42.5 Å². The van der Waals surface area contributed by atoms with Crippen molar-refractivity contribution in [1.29, 1.82) is 0 Å². The summed E-state index contributed by atoms with van der Waals surface area (Å²) in [5.74, 6) is -1.31. The summed E-state index contributed by atoms with van der Waals surface area (Å²) >= 11 is 0. The van der Waals surface area contributed by atoms with E-state index in [1.54, 1.807) is 4.90 Å². The molecule has 3 aromatic carbocycles. The molecule has 0 fully saturated rings. The van der Waals surface area contributed by atoms with Gasteiger partial charge in [-0.2, -0.15) is 0 Å². The zero-order valence-electron chi connectivity index (χ0n) is 17.4. The Morgan fingerprint density at radius 3 is 2.59 bits per heavy atom. The van der Waals surface area contributed by atoms with Gasteiger partial charge in [-0.15, -0.1) is 0 Å². The molecule has 0 spiro atoms. The quantitative estimate of drug-likeness (QED) is 0.405. The summed E-state index contributed by atoms with van der Waals surface area (Å²) in [5, 5.41) is 2.58. The number of carbonyl (C=O) groups excluding carboxylic acids is 1. The number of amides is 2. The number of rotatable bonds is 2. The molecule has 0 saturated carbocycles. The molecule has 0 saturated heterocycles. The lowest BCUT2D eigenvalue weighted by Crippen LogP contribution is -2.38. The minimum Gasteiger partial charge on any atom is -0.318 e. The number of para-hydroxylation sites is 1. The maximum atomic E-state index is 14.3. The van der Waals surface area contributed by atoms with Crippen LogP contribution in [0.25, 0.3) is 5.69 Å². The fraction of sp³-hybridized carbons (Fsp3) is 0.115. The van der Waals surface area contributed by atoms with Crippen molar-refractivity contribution < 1.29 is 13.6 Å². The van der Waals surface area contributed by atoms with E-state index >= 15 is 0 Å². The van der Waals surface area contributed by atoms with Crippen molar-refractivity contribution in [3.05, 3.63) is 119 Å². The van der Waals surface area contributed by atoms with Crippen molar-refractivity contribution >= 4 is 11.7 Å². The zero-order valence-corrected chi connectivity index (χ0v) is 17.4. The maximum absolute atomic E-state index is 14.3. The Morgan fingerprint density at radius 1 is 0.969 bits per heavy atom. The van der Waals surface area contributed by atoms with Crippen LogP contribution in [-0.4, -0.2) is 15.5 Å². The standard InChI is InChI=1S/C26H21F2N3O/c1-17-7-2-4-9-20(17)25-24-11-6-14-30(24)23-10-5-3-8-18(23)16-31(25)26(32)29-22-15-19(27)12-13-21(22)28/h2-15,25H,16H2,1H3,(H,29,32)/t25-/m0/s1. The Balaban J connectivity index is 1.66. The predicted molar refractivity (Wildman–Crippen MR) is 120 cm³/mol. The molecule has 1 aliphatic rings. The second-order valence-electron chi connectivity index (χ2n) is 7.87. The van der Waals surface area contributed by atoms with E-state index in [1.807, 2.05) is 73.8 Å². The van der Waals surface area contributed by atoms with E-state index in [4.69, 9.17) is 0 Å². The van der Waals surface area contributed by atoms with Gasteiger partial charge in [0.25, 0.3) is 0 Å². The normalized spacial score (nSPS) is 15.0. The first kappa shape index (κ1) is 20.0. The first-order valence-corrected chi connectivity index (χ1v) is 10.4. The minimum atomic E-state index is -0.689. The summed E-state index contributed by atoms with van der Waals surface area (Å²) in [6.45, 7) is 2.31. The molecule has 160 valence electrons. The number of urea groups is 1. The highest BCUT2D eigenvalue weighted by Crippen LogP contribution is 2.38. The Bertz CT molecular complexity index is 1310. The molecule has 0 unspecified atom stereocenters. The lowest BCUT2D eigenvalue weighted by molar-refractivity contribution is 0.194. The Hall–Kier alpha value is -3.93. The van der Waals surface area contributed by atoms with E-state index in [0.717, 1.165) is 46.3 Å². The van der Waals surface area contributed by atoms with Gasteiger partial charge in [0.1, 0.15) is 17.7 Å². The number of nitrogens with zero attached hydrogens (tertiary/aromatic N) is 2. The molecule has 4 nitrogen and oxygen atoms in total. The number of carbonyl (C=O) groups is 1. The summed E-state index contributed by atoms with van der Waals surface area (Å²) in [6.07, 6.45) is 1.98. The molecule has 4 aromatic rings. The average Bonchev–Trinajstić information content (AvgIpc) is 3.21. The molecule has 6 heteroatoms. The molecule has 1 N–H and O–H groups in total. The number of fused-ring (bicyclic) bond motifs is 3. The van der Waals surface area contributed by atoms with E-state index in [0.29, 0.717) is 6.54 Å². The number of aryl methyl sites for hydroxylation is 1. The van der Waals surface area contributed by atoms with Gasteiger partial charge in [-0.05, 0) is 53.9 Å². The molecule has 0 bridgehead atoms. The molecule has 2 amide bonds. The van der Waals surface area contributed by atoms with Crippen LogP contribution in [-0.2, 0) is 6.54 Å². The molecule has 0 radical (unpaired) electrons. The van der Waals surface area contributed by atoms with E-state index in [1.165, 1.54) is 0 Å². The summed E-state index contributed by atoms with van der Waals surface area (Å²) in [5.41, 5.74) is 4.67. The Kier molecular flexibility index (Phi) is 4.98. The van der Waals surface area contributed by atoms with Crippen molar-refractivity contribution in [3.8, 4) is 5.69 Å². The fourth-order valence-corrected chi connectivity index (χ4v) is 4.34. The van der Waals surface area contributed by atoms with Gasteiger partial charge in [0.2, 0.25) is 0 Å². The van der Waals surface area contributed by atoms with Gasteiger partial charge >= 0.3 is 6.03 Å². The van der Waals surface area contributed by atoms with Crippen LogP contribution >= 0.6 is 0 Å². The van der Waals surface area contributed by atoms with Crippen molar-refractivity contribution in [2.75, 3.05) is 5.32 Å². The molecular weight excluding hydrogens is 408 g/mol. The highest BCUT2D eigenvalue weighted by molar-refractivity contribution is 5.90. The van der Waals surface area contributed by atoms with E-state index < -0.39 is 23.7 Å². The minimum absolute atomic E-state index is 0.188. The molecule has 1 aromatic heterocycles. The highest BCUT2D eigenvalue weighted by atomic mass is 19.1. The van der Waals surface area contributed by atoms with Gasteiger partial charge in [-0.25, -0.2) is 13.6 Å². The third-order valence-corrected chi connectivity index (χ3v) is 5.88. The molecule has 32 heavy (non-hydrogen) atoms. The summed E-state index contributed by atoms with van der Waals surface area (Å²) in [4.78, 5) is 15.2. The second-order valence-corrected chi connectivity index (χ2v) is 7.87. The highest BCUT2D eigenvalue weighted by Gasteiger charge is 2.33. The Morgan fingerprint density at radius 2 is 1.75 bits per heavy atom. The Labute approximate surface area is 184 Å². The smallest absolute Gasteiger partial charge is 0.318 e. The van der Waals surface area contributed by atoms with Crippen LogP contribution in [0.15, 0.2) is 85.1 Å². The summed E-state index contributed by atoms with van der Waals surface area (Å²) in [6, 6.07) is 21.8. The SMILES string of the molecule is Cc1ccccc1[C@H]1c2cccn2-c2ccccc2CN1C(=O)Nc1cc(F)ccc1F. The van der Waals surface area contributed by atoms with Crippen LogP contribution in [0, 0.1) is 18.6 Å². The van der Waals surface area contributed by atoms with E-state index in [2.05, 4.69) is 9.88 Å². The second kappa shape index (κ2) is 7.96. The van der Waals surface area contributed by atoms with Crippen LogP contribution in [0.4, 0.5) is 19.3 Å². The van der Waals surface area contributed by atoms with Crippen molar-refractivity contribution in [1.82, 2.24) is 9.47 Å². The number of hydrogen-bond acceptors (Lipinski definition) is 1. The molecule has 1 atom stereocenters. The number of aromatic nitrogens is 1. The molecule has 0 aliphatic carbocycles. The number of halogens is 2. The van der Waals surface area contributed by atoms with Crippen molar-refractivity contribution in [2.24, 2.45) is 0 Å². The summed E-state index contributed by atoms with van der Waals surface area (Å²) in [7, 11) is 0. The zero-order chi connectivity index (χ0) is 22.2. The van der Waals surface area contributed by atoms with Gasteiger partial charge < -0.3 is 14.8 Å². The van der Waals surface area contributed by atoms with E-state index in [9.17, 15) is 13.6 Å². The predicted octanol–water partition coefficient (Wildman–Crippen LogP) is 6.20. The van der Waals surface area contributed by atoms with E-state index in [-0.39, 0.29) is 5.69 Å². The lowest BCUT2D eigenvalue weighted by Gasteiger charge is -2.32.